The molecule has 0 fully saturated rings. The molecule has 0 radical (unpaired) electrons. The second-order valence-electron chi connectivity index (χ2n) is 6.24. The Bertz CT molecular complexity index is 681. The van der Waals surface area contributed by atoms with E-state index in [2.05, 4.69) is 5.32 Å². The number of benzene rings is 1. The first-order valence-corrected chi connectivity index (χ1v) is 8.25. The molecule has 136 valence electrons. The lowest BCUT2D eigenvalue weighted by Crippen LogP contribution is -2.34. The molecule has 0 spiro atoms. The summed E-state index contributed by atoms with van der Waals surface area (Å²) in [6.07, 6.45) is 1.66. The minimum absolute atomic E-state index is 0.0303. The standard InChI is InChI=1S/C19H26N2O4/c1-13(2)25-17-9-8-14(11-18(17)23-5)19(22)20-12-15(21(3)4)16-7-6-10-24-16/h6-11,13,15H,12H2,1-5H3,(H,20,22). The van der Waals surface area contributed by atoms with Crippen molar-refractivity contribution in [3.63, 3.8) is 0 Å². The number of nitrogens with one attached hydrogen (secondary N) is 1. The van der Waals surface area contributed by atoms with E-state index in [1.54, 1.807) is 31.6 Å². The van der Waals surface area contributed by atoms with Gasteiger partial charge in [0.25, 0.3) is 5.91 Å². The summed E-state index contributed by atoms with van der Waals surface area (Å²) in [5, 5.41) is 2.94. The van der Waals surface area contributed by atoms with Crippen molar-refractivity contribution in [2.24, 2.45) is 0 Å². The summed E-state index contributed by atoms with van der Waals surface area (Å²) >= 11 is 0. The lowest BCUT2D eigenvalue weighted by Gasteiger charge is -2.22. The lowest BCUT2D eigenvalue weighted by molar-refractivity contribution is 0.0938. The van der Waals surface area contributed by atoms with Gasteiger partial charge in [0.05, 0.1) is 25.5 Å². The van der Waals surface area contributed by atoms with Crippen molar-refractivity contribution in [2.75, 3.05) is 27.7 Å². The van der Waals surface area contributed by atoms with Gasteiger partial charge < -0.3 is 19.2 Å². The van der Waals surface area contributed by atoms with E-state index in [0.29, 0.717) is 23.6 Å². The Hall–Kier alpha value is -2.47. The van der Waals surface area contributed by atoms with Gasteiger partial charge in [0.2, 0.25) is 0 Å². The second-order valence-corrected chi connectivity index (χ2v) is 6.24. The molecular formula is C19H26N2O4. The third-order valence-corrected chi connectivity index (χ3v) is 3.74. The number of amides is 1. The van der Waals surface area contributed by atoms with E-state index in [4.69, 9.17) is 13.9 Å². The number of hydrogen-bond acceptors (Lipinski definition) is 5. The number of likely N-dealkylation sites (N-methyl/N-ethyl adjacent to an activating group) is 1. The zero-order valence-corrected chi connectivity index (χ0v) is 15.4. The van der Waals surface area contributed by atoms with Crippen LogP contribution in [0.5, 0.6) is 11.5 Å². The third-order valence-electron chi connectivity index (χ3n) is 3.74. The molecule has 0 saturated carbocycles. The van der Waals surface area contributed by atoms with Crippen LogP contribution in [0, 0.1) is 0 Å². The molecule has 1 aromatic heterocycles. The van der Waals surface area contributed by atoms with Crippen LogP contribution in [0.15, 0.2) is 41.0 Å². The van der Waals surface area contributed by atoms with Crippen LogP contribution >= 0.6 is 0 Å². The normalized spacial score (nSPS) is 12.3. The van der Waals surface area contributed by atoms with Gasteiger partial charge in [0.1, 0.15) is 5.76 Å². The Labute approximate surface area is 148 Å². The van der Waals surface area contributed by atoms with Crippen LogP contribution in [0.2, 0.25) is 0 Å². The number of carbonyl (C=O) groups excluding carboxylic acids is 1. The molecular weight excluding hydrogens is 320 g/mol. The molecule has 0 aliphatic heterocycles. The van der Waals surface area contributed by atoms with Crippen LogP contribution in [0.25, 0.3) is 0 Å². The van der Waals surface area contributed by atoms with Crippen molar-refractivity contribution in [1.29, 1.82) is 0 Å². The molecule has 1 heterocycles. The molecule has 25 heavy (non-hydrogen) atoms. The molecule has 6 heteroatoms. The third kappa shape index (κ3) is 5.00. The maximum atomic E-state index is 12.5. The van der Waals surface area contributed by atoms with Crippen molar-refractivity contribution < 1.29 is 18.7 Å². The van der Waals surface area contributed by atoms with Crippen molar-refractivity contribution in [3.8, 4) is 11.5 Å². The summed E-state index contributed by atoms with van der Waals surface area (Å²) in [5.74, 6) is 1.80. The van der Waals surface area contributed by atoms with Crippen LogP contribution in [0.3, 0.4) is 0 Å². The Balaban J connectivity index is 2.07. The van der Waals surface area contributed by atoms with Gasteiger partial charge in [-0.1, -0.05) is 0 Å². The summed E-state index contributed by atoms with van der Waals surface area (Å²) in [7, 11) is 5.45. The lowest BCUT2D eigenvalue weighted by atomic mass is 10.1. The minimum atomic E-state index is -0.173. The number of nitrogens with zero attached hydrogens (tertiary/aromatic N) is 1. The van der Waals surface area contributed by atoms with Gasteiger partial charge in [0.15, 0.2) is 11.5 Å². The first kappa shape index (κ1) is 18.9. The van der Waals surface area contributed by atoms with Crippen molar-refractivity contribution in [1.82, 2.24) is 10.2 Å². The van der Waals surface area contributed by atoms with Gasteiger partial charge in [-0.2, -0.15) is 0 Å². The summed E-state index contributed by atoms with van der Waals surface area (Å²) in [6, 6.07) is 8.87. The van der Waals surface area contributed by atoms with Gasteiger partial charge >= 0.3 is 0 Å². The predicted molar refractivity (Wildman–Crippen MR) is 96.2 cm³/mol. The fourth-order valence-corrected chi connectivity index (χ4v) is 2.47. The molecule has 6 nitrogen and oxygen atoms in total. The van der Waals surface area contributed by atoms with Crippen LogP contribution in [-0.2, 0) is 0 Å². The molecule has 1 atom stereocenters. The zero-order chi connectivity index (χ0) is 18.4. The van der Waals surface area contributed by atoms with Crippen LogP contribution in [-0.4, -0.2) is 44.7 Å². The molecule has 0 saturated heterocycles. The summed E-state index contributed by atoms with van der Waals surface area (Å²) in [4.78, 5) is 14.5. The first-order chi connectivity index (χ1) is 11.9. The largest absolute Gasteiger partial charge is 0.493 e. The summed E-state index contributed by atoms with van der Waals surface area (Å²) in [6.45, 7) is 4.32. The molecule has 2 aromatic rings. The maximum absolute atomic E-state index is 12.5. The number of rotatable bonds is 8. The van der Waals surface area contributed by atoms with Crippen molar-refractivity contribution in [2.45, 2.75) is 26.0 Å². The number of methoxy groups -OCH3 is 1. The minimum Gasteiger partial charge on any atom is -0.493 e. The molecule has 1 N–H and O–H groups in total. The van der Waals surface area contributed by atoms with E-state index in [-0.39, 0.29) is 18.1 Å². The Morgan fingerprint density at radius 2 is 2.00 bits per heavy atom. The SMILES string of the molecule is COc1cc(C(=O)NCC(c2ccco2)N(C)C)ccc1OC(C)C. The summed E-state index contributed by atoms with van der Waals surface area (Å²) < 4.78 is 16.5. The fraction of sp³-hybridized carbons (Fsp3) is 0.421. The van der Waals surface area contributed by atoms with Gasteiger partial charge in [-0.25, -0.2) is 0 Å². The number of carbonyl (C=O) groups is 1. The molecule has 1 aromatic carbocycles. The van der Waals surface area contributed by atoms with Crippen molar-refractivity contribution in [3.05, 3.63) is 47.9 Å². The van der Waals surface area contributed by atoms with Gasteiger partial charge in [0, 0.05) is 12.1 Å². The average molecular weight is 346 g/mol. The molecule has 1 unspecified atom stereocenters. The number of furan rings is 1. The van der Waals surface area contributed by atoms with Crippen LogP contribution in [0.1, 0.15) is 36.0 Å². The molecule has 1 amide bonds. The predicted octanol–water partition coefficient (Wildman–Crippen LogP) is 3.11. The van der Waals surface area contributed by atoms with E-state index in [1.165, 1.54) is 0 Å². The highest BCUT2D eigenvalue weighted by Gasteiger charge is 2.19. The highest BCUT2D eigenvalue weighted by atomic mass is 16.5. The highest BCUT2D eigenvalue weighted by molar-refractivity contribution is 5.94. The smallest absolute Gasteiger partial charge is 0.251 e. The quantitative estimate of drug-likeness (QED) is 0.796. The topological polar surface area (TPSA) is 63.9 Å². The molecule has 0 bridgehead atoms. The Kier molecular flexibility index (Phi) is 6.47. The molecule has 2 rings (SSSR count). The monoisotopic (exact) mass is 346 g/mol. The number of ether oxygens (including phenoxy) is 2. The van der Waals surface area contributed by atoms with E-state index < -0.39 is 0 Å². The van der Waals surface area contributed by atoms with Crippen molar-refractivity contribution >= 4 is 5.91 Å². The molecule has 0 aliphatic rings. The average Bonchev–Trinajstić information content (AvgIpc) is 3.08. The van der Waals surface area contributed by atoms with Gasteiger partial charge in [-0.15, -0.1) is 0 Å². The Morgan fingerprint density at radius 1 is 1.24 bits per heavy atom. The van der Waals surface area contributed by atoms with E-state index in [0.717, 1.165) is 5.76 Å². The maximum Gasteiger partial charge on any atom is 0.251 e. The second kappa shape index (κ2) is 8.58. The fourth-order valence-electron chi connectivity index (χ4n) is 2.47. The van der Waals surface area contributed by atoms with E-state index in [9.17, 15) is 4.79 Å². The number of hydrogen-bond donors (Lipinski definition) is 1. The van der Waals surface area contributed by atoms with E-state index in [1.807, 2.05) is 45.0 Å². The van der Waals surface area contributed by atoms with Gasteiger partial charge in [-0.05, 0) is 58.3 Å². The van der Waals surface area contributed by atoms with Crippen LogP contribution in [0.4, 0.5) is 0 Å². The highest BCUT2D eigenvalue weighted by Crippen LogP contribution is 2.29. The summed E-state index contributed by atoms with van der Waals surface area (Å²) in [5.41, 5.74) is 0.518. The van der Waals surface area contributed by atoms with Gasteiger partial charge in [-0.3, -0.25) is 9.69 Å². The molecule has 0 aliphatic carbocycles. The van der Waals surface area contributed by atoms with Crippen LogP contribution < -0.4 is 14.8 Å². The Morgan fingerprint density at radius 3 is 2.56 bits per heavy atom. The van der Waals surface area contributed by atoms with E-state index >= 15 is 0 Å². The first-order valence-electron chi connectivity index (χ1n) is 8.25. The zero-order valence-electron chi connectivity index (χ0n) is 15.4.